The lowest BCUT2D eigenvalue weighted by Gasteiger charge is -2.18. The molecule has 1 aliphatic rings. The molecule has 0 saturated heterocycles. The van der Waals surface area contributed by atoms with Crippen molar-refractivity contribution in [3.05, 3.63) is 58.4 Å². The largest absolute Gasteiger partial charge is 0.497 e. The van der Waals surface area contributed by atoms with E-state index >= 15 is 0 Å². The lowest BCUT2D eigenvalue weighted by molar-refractivity contribution is 0.414. The van der Waals surface area contributed by atoms with Gasteiger partial charge in [-0.3, -0.25) is 9.78 Å². The predicted octanol–water partition coefficient (Wildman–Crippen LogP) is 1.65. The van der Waals surface area contributed by atoms with Crippen LogP contribution in [-0.4, -0.2) is 23.6 Å². The van der Waals surface area contributed by atoms with Crippen LogP contribution >= 0.6 is 0 Å². The molecule has 0 radical (unpaired) electrons. The average molecular weight is 298 g/mol. The minimum absolute atomic E-state index is 0.0369. The molecule has 1 atom stereocenters. The summed E-state index contributed by atoms with van der Waals surface area (Å²) in [6.07, 6.45) is 1.78. The highest BCUT2D eigenvalue weighted by Gasteiger charge is 2.31. The summed E-state index contributed by atoms with van der Waals surface area (Å²) in [5.74, 6) is 1.55. The predicted molar refractivity (Wildman–Crippen MR) is 86.3 cm³/mol. The van der Waals surface area contributed by atoms with Crippen LogP contribution in [0.1, 0.15) is 17.0 Å². The number of methoxy groups -OCH3 is 1. The number of aromatic nitrogens is 2. The highest BCUT2D eigenvalue weighted by atomic mass is 16.5. The first-order valence-corrected chi connectivity index (χ1v) is 7.02. The summed E-state index contributed by atoms with van der Waals surface area (Å²) in [5.41, 5.74) is 7.23. The Morgan fingerprint density at radius 2 is 2.23 bits per heavy atom. The van der Waals surface area contributed by atoms with E-state index in [1.807, 2.05) is 24.3 Å². The molecule has 22 heavy (non-hydrogen) atoms. The number of hydrogen-bond acceptors (Lipinski definition) is 5. The normalized spacial score (nSPS) is 16.4. The Morgan fingerprint density at radius 3 is 2.86 bits per heavy atom. The van der Waals surface area contributed by atoms with Crippen molar-refractivity contribution < 1.29 is 4.74 Å². The quantitative estimate of drug-likeness (QED) is 0.838. The molecule has 0 aliphatic carbocycles. The van der Waals surface area contributed by atoms with Crippen LogP contribution in [0.2, 0.25) is 0 Å². The van der Waals surface area contributed by atoms with Gasteiger partial charge in [0.1, 0.15) is 11.6 Å². The van der Waals surface area contributed by atoms with E-state index in [0.29, 0.717) is 24.5 Å². The summed E-state index contributed by atoms with van der Waals surface area (Å²) in [7, 11) is 1.64. The zero-order valence-electron chi connectivity index (χ0n) is 12.4. The fourth-order valence-corrected chi connectivity index (χ4v) is 2.76. The number of rotatable bonds is 4. The van der Waals surface area contributed by atoms with Crippen LogP contribution in [0.4, 0.5) is 11.8 Å². The highest BCUT2D eigenvalue weighted by molar-refractivity contribution is 5.57. The first-order chi connectivity index (χ1) is 10.6. The number of ether oxygens (including phenoxy) is 1. The zero-order valence-corrected chi connectivity index (χ0v) is 12.4. The van der Waals surface area contributed by atoms with Gasteiger partial charge >= 0.3 is 0 Å². The number of nitrogens with one attached hydrogen (secondary N) is 1. The number of H-pyrrole nitrogens is 1. The van der Waals surface area contributed by atoms with Crippen LogP contribution < -0.4 is 20.9 Å². The van der Waals surface area contributed by atoms with Gasteiger partial charge in [0, 0.05) is 19.0 Å². The molecular weight excluding hydrogens is 280 g/mol. The van der Waals surface area contributed by atoms with E-state index in [9.17, 15) is 4.79 Å². The molecule has 0 bridgehead atoms. The molecule has 2 aromatic rings. The third kappa shape index (κ3) is 2.43. The Balaban J connectivity index is 1.93. The first kappa shape index (κ1) is 14.2. The molecule has 0 amide bonds. The molecule has 1 aliphatic heterocycles. The zero-order chi connectivity index (χ0) is 15.7. The summed E-state index contributed by atoms with van der Waals surface area (Å²) in [5, 5.41) is 0. The van der Waals surface area contributed by atoms with Gasteiger partial charge in [0.05, 0.1) is 12.7 Å². The molecule has 1 aromatic carbocycles. The Bertz CT molecular complexity index is 752. The molecule has 3 N–H and O–H groups in total. The van der Waals surface area contributed by atoms with Crippen molar-refractivity contribution >= 4 is 11.8 Å². The van der Waals surface area contributed by atoms with E-state index in [1.54, 1.807) is 13.2 Å². The second-order valence-corrected chi connectivity index (χ2v) is 5.26. The van der Waals surface area contributed by atoms with Crippen molar-refractivity contribution in [3.63, 3.8) is 0 Å². The number of hydrogen-bond donors (Lipinski definition) is 2. The molecular formula is C16H18N4O2. The lowest BCUT2D eigenvalue weighted by atomic mass is 10.1. The average Bonchev–Trinajstić information content (AvgIpc) is 2.86. The van der Waals surface area contributed by atoms with Crippen LogP contribution in [0.25, 0.3) is 0 Å². The Morgan fingerprint density at radius 1 is 1.50 bits per heavy atom. The smallest absolute Gasteiger partial charge is 0.258 e. The van der Waals surface area contributed by atoms with Gasteiger partial charge in [-0.25, -0.2) is 0 Å². The van der Waals surface area contributed by atoms with Crippen molar-refractivity contribution in [2.24, 2.45) is 0 Å². The summed E-state index contributed by atoms with van der Waals surface area (Å²) in [6, 6.07) is 7.82. The van der Waals surface area contributed by atoms with E-state index in [4.69, 9.17) is 10.5 Å². The maximum absolute atomic E-state index is 12.1. The van der Waals surface area contributed by atoms with Crippen molar-refractivity contribution in [3.8, 4) is 5.75 Å². The summed E-state index contributed by atoms with van der Waals surface area (Å²) in [4.78, 5) is 21.0. The van der Waals surface area contributed by atoms with Gasteiger partial charge in [0.15, 0.2) is 0 Å². The number of aromatic amines is 1. The van der Waals surface area contributed by atoms with Gasteiger partial charge in [0.2, 0.25) is 5.95 Å². The molecule has 114 valence electrons. The second kappa shape index (κ2) is 5.55. The highest BCUT2D eigenvalue weighted by Crippen LogP contribution is 2.34. The van der Waals surface area contributed by atoms with Crippen LogP contribution in [0.3, 0.4) is 0 Å². The van der Waals surface area contributed by atoms with Gasteiger partial charge in [-0.15, -0.1) is 6.58 Å². The Labute approximate surface area is 128 Å². The van der Waals surface area contributed by atoms with Crippen LogP contribution in [0.5, 0.6) is 5.75 Å². The fraction of sp³-hybridized carbons (Fsp3) is 0.250. The van der Waals surface area contributed by atoms with Crippen molar-refractivity contribution in [1.29, 1.82) is 0 Å². The van der Waals surface area contributed by atoms with Crippen molar-refractivity contribution in [2.75, 3.05) is 24.3 Å². The molecule has 6 heteroatoms. The van der Waals surface area contributed by atoms with Crippen molar-refractivity contribution in [2.45, 2.75) is 12.5 Å². The summed E-state index contributed by atoms with van der Waals surface area (Å²) in [6.45, 7) is 5.14. The third-order valence-electron chi connectivity index (χ3n) is 3.86. The molecule has 6 nitrogen and oxygen atoms in total. The number of anilines is 2. The third-order valence-corrected chi connectivity index (χ3v) is 3.86. The maximum atomic E-state index is 12.1. The molecule has 1 aromatic heterocycles. The van der Waals surface area contributed by atoms with E-state index in [0.717, 1.165) is 11.3 Å². The molecule has 2 heterocycles. The van der Waals surface area contributed by atoms with E-state index in [-0.39, 0.29) is 17.4 Å². The number of benzene rings is 1. The second-order valence-electron chi connectivity index (χ2n) is 5.26. The minimum atomic E-state index is -0.190. The molecule has 0 fully saturated rings. The molecule has 1 unspecified atom stereocenters. The molecule has 0 spiro atoms. The van der Waals surface area contributed by atoms with E-state index in [1.165, 1.54) is 0 Å². The topological polar surface area (TPSA) is 84.2 Å². The maximum Gasteiger partial charge on any atom is 0.258 e. The van der Waals surface area contributed by atoms with Crippen LogP contribution in [-0.2, 0) is 6.54 Å². The fourth-order valence-electron chi connectivity index (χ4n) is 2.76. The van der Waals surface area contributed by atoms with Gasteiger partial charge in [-0.1, -0.05) is 18.2 Å². The lowest BCUT2D eigenvalue weighted by Crippen LogP contribution is -2.22. The first-order valence-electron chi connectivity index (χ1n) is 7.02. The molecule has 0 saturated carbocycles. The SMILES string of the molecule is C=CC1CN(Cc2ccc(OC)cc2)c2nc(N)[nH]c(=O)c21. The summed E-state index contributed by atoms with van der Waals surface area (Å²) >= 11 is 0. The number of nitrogen functional groups attached to an aromatic ring is 1. The van der Waals surface area contributed by atoms with Gasteiger partial charge in [0.25, 0.3) is 5.56 Å². The van der Waals surface area contributed by atoms with Crippen LogP contribution in [0, 0.1) is 0 Å². The molecule has 3 rings (SSSR count). The minimum Gasteiger partial charge on any atom is -0.497 e. The standard InChI is InChI=1S/C16H18N4O2/c1-3-11-9-20(8-10-4-6-12(22-2)7-5-10)14-13(11)15(21)19-16(17)18-14/h3-7,11H,1,8-9H2,2H3,(H3,17,18,19,21). The van der Waals surface area contributed by atoms with Gasteiger partial charge in [-0.05, 0) is 17.7 Å². The Kier molecular flexibility index (Phi) is 3.58. The van der Waals surface area contributed by atoms with Crippen LogP contribution in [0.15, 0.2) is 41.7 Å². The van der Waals surface area contributed by atoms with Gasteiger partial charge in [-0.2, -0.15) is 4.98 Å². The van der Waals surface area contributed by atoms with E-state index in [2.05, 4.69) is 21.4 Å². The monoisotopic (exact) mass is 298 g/mol. The van der Waals surface area contributed by atoms with Gasteiger partial charge < -0.3 is 15.4 Å². The summed E-state index contributed by atoms with van der Waals surface area (Å²) < 4.78 is 5.16. The van der Waals surface area contributed by atoms with Crippen molar-refractivity contribution in [1.82, 2.24) is 9.97 Å². The Hall–Kier alpha value is -2.76. The number of fused-ring (bicyclic) bond motifs is 1. The number of nitrogens with zero attached hydrogens (tertiary/aromatic N) is 2. The van der Waals surface area contributed by atoms with E-state index < -0.39 is 0 Å². The number of nitrogens with two attached hydrogens (primary N) is 1.